The Labute approximate surface area is 141 Å². The van der Waals surface area contributed by atoms with Crippen molar-refractivity contribution in [1.29, 1.82) is 0 Å². The molecule has 0 bridgehead atoms. The van der Waals surface area contributed by atoms with Crippen LogP contribution in [0.15, 0.2) is 18.2 Å². The van der Waals surface area contributed by atoms with E-state index in [0.29, 0.717) is 39.0 Å². The molecule has 1 atom stereocenters. The van der Waals surface area contributed by atoms with Crippen LogP contribution >= 0.6 is 0 Å². The maximum absolute atomic E-state index is 12.7. The van der Waals surface area contributed by atoms with E-state index in [0.717, 1.165) is 16.7 Å². The van der Waals surface area contributed by atoms with E-state index in [1.54, 1.807) is 9.80 Å². The van der Waals surface area contributed by atoms with Gasteiger partial charge in [-0.1, -0.05) is 17.7 Å². The summed E-state index contributed by atoms with van der Waals surface area (Å²) in [7, 11) is 0. The lowest BCUT2D eigenvalue weighted by Crippen LogP contribution is -2.54. The first-order valence-corrected chi connectivity index (χ1v) is 8.40. The van der Waals surface area contributed by atoms with Crippen molar-refractivity contribution in [2.75, 3.05) is 26.2 Å². The van der Waals surface area contributed by atoms with Crippen LogP contribution in [0, 0.1) is 13.8 Å². The Balaban J connectivity index is 1.59. The molecule has 2 saturated heterocycles. The Morgan fingerprint density at radius 2 is 1.75 bits per heavy atom. The minimum Gasteiger partial charge on any atom is -0.344 e. The highest BCUT2D eigenvalue weighted by atomic mass is 16.2. The molecule has 0 radical (unpaired) electrons. The number of amides is 3. The van der Waals surface area contributed by atoms with Crippen molar-refractivity contribution in [3.05, 3.63) is 34.9 Å². The largest absolute Gasteiger partial charge is 0.344 e. The summed E-state index contributed by atoms with van der Waals surface area (Å²) in [6.07, 6.45) is 0.987. The van der Waals surface area contributed by atoms with Crippen LogP contribution in [0.4, 0.5) is 0 Å². The van der Waals surface area contributed by atoms with Crippen molar-refractivity contribution in [1.82, 2.24) is 15.1 Å². The van der Waals surface area contributed by atoms with Gasteiger partial charge in [0, 0.05) is 38.2 Å². The summed E-state index contributed by atoms with van der Waals surface area (Å²) in [5.74, 6) is -0.0646. The number of piperazine rings is 1. The van der Waals surface area contributed by atoms with Crippen LogP contribution in [0.3, 0.4) is 0 Å². The van der Waals surface area contributed by atoms with Crippen LogP contribution in [-0.2, 0) is 9.59 Å². The van der Waals surface area contributed by atoms with Gasteiger partial charge in [-0.25, -0.2) is 0 Å². The fourth-order valence-corrected chi connectivity index (χ4v) is 3.37. The Bertz CT molecular complexity index is 678. The molecule has 2 heterocycles. The van der Waals surface area contributed by atoms with E-state index in [1.807, 2.05) is 32.0 Å². The summed E-state index contributed by atoms with van der Waals surface area (Å²) >= 11 is 0. The lowest BCUT2D eigenvalue weighted by molar-refractivity contribution is -0.135. The molecule has 0 saturated carbocycles. The van der Waals surface area contributed by atoms with Gasteiger partial charge in [-0.05, 0) is 31.9 Å². The van der Waals surface area contributed by atoms with Crippen molar-refractivity contribution in [3.8, 4) is 0 Å². The lowest BCUT2D eigenvalue weighted by Gasteiger charge is -2.36. The Morgan fingerprint density at radius 3 is 2.33 bits per heavy atom. The van der Waals surface area contributed by atoms with E-state index in [2.05, 4.69) is 5.32 Å². The maximum Gasteiger partial charge on any atom is 0.254 e. The first kappa shape index (κ1) is 16.5. The molecule has 1 aromatic rings. The van der Waals surface area contributed by atoms with Crippen molar-refractivity contribution in [3.63, 3.8) is 0 Å². The van der Waals surface area contributed by atoms with Gasteiger partial charge < -0.3 is 15.1 Å². The minimum absolute atomic E-state index is 0.0220. The monoisotopic (exact) mass is 329 g/mol. The van der Waals surface area contributed by atoms with E-state index >= 15 is 0 Å². The number of aryl methyl sites for hydroxylation is 2. The molecule has 2 aliphatic rings. The zero-order valence-electron chi connectivity index (χ0n) is 14.2. The van der Waals surface area contributed by atoms with E-state index in [4.69, 9.17) is 0 Å². The molecule has 24 heavy (non-hydrogen) atoms. The molecule has 3 rings (SSSR count). The third-order valence-corrected chi connectivity index (χ3v) is 4.78. The number of carbonyl (C=O) groups excluding carboxylic acids is 3. The third-order valence-electron chi connectivity index (χ3n) is 4.78. The minimum atomic E-state index is -0.390. The van der Waals surface area contributed by atoms with Gasteiger partial charge in [0.2, 0.25) is 11.8 Å². The SMILES string of the molecule is Cc1ccc(C(=O)N2CCN(C(=O)C3CCC(=O)N3)CC2)c(C)c1. The molecule has 1 aromatic carbocycles. The molecule has 0 aromatic heterocycles. The number of nitrogens with zero attached hydrogens (tertiary/aromatic N) is 2. The first-order valence-electron chi connectivity index (χ1n) is 8.40. The van der Waals surface area contributed by atoms with Gasteiger partial charge in [0.25, 0.3) is 5.91 Å². The quantitative estimate of drug-likeness (QED) is 0.875. The summed E-state index contributed by atoms with van der Waals surface area (Å²) in [5, 5.41) is 2.71. The van der Waals surface area contributed by atoms with Crippen LogP contribution in [0.2, 0.25) is 0 Å². The number of benzene rings is 1. The normalized spacial score (nSPS) is 20.9. The predicted octanol–water partition coefficient (Wildman–Crippen LogP) is 0.866. The average Bonchev–Trinajstić information content (AvgIpc) is 3.00. The molecule has 0 aliphatic carbocycles. The van der Waals surface area contributed by atoms with Crippen molar-refractivity contribution >= 4 is 17.7 Å². The second-order valence-electron chi connectivity index (χ2n) is 6.59. The van der Waals surface area contributed by atoms with Gasteiger partial charge >= 0.3 is 0 Å². The summed E-state index contributed by atoms with van der Waals surface area (Å²) in [4.78, 5) is 39.9. The summed E-state index contributed by atoms with van der Waals surface area (Å²) < 4.78 is 0. The van der Waals surface area contributed by atoms with E-state index in [1.165, 1.54) is 0 Å². The summed E-state index contributed by atoms with van der Waals surface area (Å²) in [5.41, 5.74) is 2.84. The summed E-state index contributed by atoms with van der Waals surface area (Å²) in [6.45, 7) is 6.04. The standard InChI is InChI=1S/C18H23N3O3/c1-12-3-4-14(13(2)11-12)17(23)20-7-9-21(10-8-20)18(24)15-5-6-16(22)19-15/h3-4,11,15H,5-10H2,1-2H3,(H,19,22). The molecular weight excluding hydrogens is 306 g/mol. The Morgan fingerprint density at radius 1 is 1.08 bits per heavy atom. The number of hydrogen-bond acceptors (Lipinski definition) is 3. The molecule has 3 amide bonds. The topological polar surface area (TPSA) is 69.7 Å². The van der Waals surface area contributed by atoms with Crippen LogP contribution < -0.4 is 5.32 Å². The Hall–Kier alpha value is -2.37. The first-order chi connectivity index (χ1) is 11.5. The molecule has 1 N–H and O–H groups in total. The second-order valence-corrected chi connectivity index (χ2v) is 6.59. The van der Waals surface area contributed by atoms with Gasteiger partial charge in [-0.15, -0.1) is 0 Å². The fourth-order valence-electron chi connectivity index (χ4n) is 3.37. The highest BCUT2D eigenvalue weighted by Crippen LogP contribution is 2.16. The zero-order valence-corrected chi connectivity index (χ0v) is 14.2. The third kappa shape index (κ3) is 3.27. The van der Waals surface area contributed by atoms with E-state index in [-0.39, 0.29) is 23.8 Å². The highest BCUT2D eigenvalue weighted by molar-refractivity contribution is 5.96. The van der Waals surface area contributed by atoms with E-state index < -0.39 is 0 Å². The lowest BCUT2D eigenvalue weighted by atomic mass is 10.0. The van der Waals surface area contributed by atoms with Crippen LogP contribution in [0.5, 0.6) is 0 Å². The smallest absolute Gasteiger partial charge is 0.254 e. The maximum atomic E-state index is 12.7. The predicted molar refractivity (Wildman–Crippen MR) is 89.6 cm³/mol. The average molecular weight is 329 g/mol. The molecule has 2 fully saturated rings. The van der Waals surface area contributed by atoms with Gasteiger partial charge in [-0.2, -0.15) is 0 Å². The molecule has 6 nitrogen and oxygen atoms in total. The number of hydrogen-bond donors (Lipinski definition) is 1. The fraction of sp³-hybridized carbons (Fsp3) is 0.500. The van der Waals surface area contributed by atoms with E-state index in [9.17, 15) is 14.4 Å². The van der Waals surface area contributed by atoms with Gasteiger partial charge in [-0.3, -0.25) is 14.4 Å². The Kier molecular flexibility index (Phi) is 4.55. The van der Waals surface area contributed by atoms with Gasteiger partial charge in [0.1, 0.15) is 6.04 Å². The molecule has 6 heteroatoms. The zero-order chi connectivity index (χ0) is 17.3. The van der Waals surface area contributed by atoms with Gasteiger partial charge in [0.05, 0.1) is 0 Å². The molecule has 1 unspecified atom stereocenters. The number of nitrogens with one attached hydrogen (secondary N) is 1. The van der Waals surface area contributed by atoms with Crippen molar-refractivity contribution in [2.24, 2.45) is 0 Å². The molecule has 128 valence electrons. The van der Waals surface area contributed by atoms with Crippen molar-refractivity contribution < 1.29 is 14.4 Å². The number of carbonyl (C=O) groups is 3. The van der Waals surface area contributed by atoms with Crippen LogP contribution in [0.1, 0.15) is 34.3 Å². The van der Waals surface area contributed by atoms with Gasteiger partial charge in [0.15, 0.2) is 0 Å². The molecule has 0 spiro atoms. The highest BCUT2D eigenvalue weighted by Gasteiger charge is 2.33. The molecule has 2 aliphatic heterocycles. The number of rotatable bonds is 2. The summed E-state index contributed by atoms with van der Waals surface area (Å²) in [6, 6.07) is 5.44. The van der Waals surface area contributed by atoms with Crippen LogP contribution in [0.25, 0.3) is 0 Å². The van der Waals surface area contributed by atoms with Crippen molar-refractivity contribution in [2.45, 2.75) is 32.7 Å². The second kappa shape index (κ2) is 6.63. The molecular formula is C18H23N3O3. The van der Waals surface area contributed by atoms with Crippen LogP contribution in [-0.4, -0.2) is 59.7 Å².